The smallest absolute Gasteiger partial charge is 0.258 e. The van der Waals surface area contributed by atoms with Gasteiger partial charge in [-0.05, 0) is 53.8 Å². The SMILES string of the molecule is CC1(C)CC(=O)C2C(=Nc3ccccc3N(C(=O)c3ccccc3)C2c2cccc(F)c2)C1. The number of ketones is 1. The molecule has 0 bridgehead atoms. The van der Waals surface area contributed by atoms with Crippen LogP contribution in [-0.4, -0.2) is 17.4 Å². The monoisotopic (exact) mass is 440 g/mol. The maximum Gasteiger partial charge on any atom is 0.258 e. The van der Waals surface area contributed by atoms with Crippen molar-refractivity contribution in [3.8, 4) is 0 Å². The van der Waals surface area contributed by atoms with Crippen molar-refractivity contribution >= 4 is 28.8 Å². The van der Waals surface area contributed by atoms with Crippen molar-refractivity contribution < 1.29 is 14.0 Å². The van der Waals surface area contributed by atoms with Gasteiger partial charge in [-0.2, -0.15) is 0 Å². The maximum atomic E-state index is 14.4. The summed E-state index contributed by atoms with van der Waals surface area (Å²) in [4.78, 5) is 34.2. The van der Waals surface area contributed by atoms with Crippen molar-refractivity contribution in [2.75, 3.05) is 4.90 Å². The molecule has 166 valence electrons. The first-order valence-electron chi connectivity index (χ1n) is 11.2. The van der Waals surface area contributed by atoms with E-state index in [1.54, 1.807) is 29.2 Å². The Morgan fingerprint density at radius 3 is 2.45 bits per heavy atom. The quantitative estimate of drug-likeness (QED) is 0.469. The number of halogens is 1. The van der Waals surface area contributed by atoms with E-state index in [0.29, 0.717) is 35.3 Å². The maximum absolute atomic E-state index is 14.4. The lowest BCUT2D eigenvalue weighted by Crippen LogP contribution is -2.47. The minimum atomic E-state index is -0.695. The Bertz CT molecular complexity index is 1270. The molecule has 1 amide bonds. The first-order chi connectivity index (χ1) is 15.8. The van der Waals surface area contributed by atoms with Gasteiger partial charge in [-0.1, -0.05) is 56.3 Å². The third kappa shape index (κ3) is 3.88. The van der Waals surface area contributed by atoms with E-state index >= 15 is 0 Å². The zero-order valence-electron chi connectivity index (χ0n) is 18.7. The van der Waals surface area contributed by atoms with Gasteiger partial charge in [-0.25, -0.2) is 4.39 Å². The van der Waals surface area contributed by atoms with Gasteiger partial charge in [-0.3, -0.25) is 19.5 Å². The molecule has 2 unspecified atom stereocenters. The zero-order chi connectivity index (χ0) is 23.2. The third-order valence-corrected chi connectivity index (χ3v) is 6.45. The minimum absolute atomic E-state index is 0.0259. The van der Waals surface area contributed by atoms with Gasteiger partial charge >= 0.3 is 0 Å². The second kappa shape index (κ2) is 8.07. The number of Topliss-reactive ketones (excluding diaryl/α,β-unsaturated/α-hetero) is 1. The van der Waals surface area contributed by atoms with E-state index in [-0.39, 0.29) is 17.1 Å². The highest BCUT2D eigenvalue weighted by Crippen LogP contribution is 2.48. The summed E-state index contributed by atoms with van der Waals surface area (Å²) in [5, 5.41) is 0. The molecule has 1 heterocycles. The van der Waals surface area contributed by atoms with E-state index < -0.39 is 17.8 Å². The van der Waals surface area contributed by atoms with Crippen LogP contribution in [0.15, 0.2) is 83.9 Å². The Balaban J connectivity index is 1.78. The fourth-order valence-corrected chi connectivity index (χ4v) is 5.10. The van der Waals surface area contributed by atoms with Gasteiger partial charge in [0.05, 0.1) is 23.3 Å². The van der Waals surface area contributed by atoms with Crippen molar-refractivity contribution in [3.05, 3.63) is 95.8 Å². The molecule has 4 nitrogen and oxygen atoms in total. The van der Waals surface area contributed by atoms with Gasteiger partial charge in [0, 0.05) is 17.7 Å². The van der Waals surface area contributed by atoms with Crippen LogP contribution >= 0.6 is 0 Å². The zero-order valence-corrected chi connectivity index (χ0v) is 18.7. The number of aliphatic imine (C=N–C) groups is 1. The van der Waals surface area contributed by atoms with Gasteiger partial charge in [0.15, 0.2) is 0 Å². The molecule has 3 aromatic rings. The van der Waals surface area contributed by atoms with E-state index in [9.17, 15) is 14.0 Å². The number of anilines is 1. The molecule has 1 aliphatic heterocycles. The second-order valence-electron chi connectivity index (χ2n) is 9.59. The number of fused-ring (bicyclic) bond motifs is 2. The Morgan fingerprint density at radius 2 is 1.70 bits per heavy atom. The Morgan fingerprint density at radius 1 is 0.970 bits per heavy atom. The molecule has 0 saturated heterocycles. The lowest BCUT2D eigenvalue weighted by atomic mass is 9.68. The van der Waals surface area contributed by atoms with Gasteiger partial charge in [0.25, 0.3) is 5.91 Å². The average Bonchev–Trinajstić information content (AvgIpc) is 2.92. The van der Waals surface area contributed by atoms with Crippen molar-refractivity contribution in [1.82, 2.24) is 0 Å². The summed E-state index contributed by atoms with van der Waals surface area (Å²) in [6.45, 7) is 4.12. The Kier molecular flexibility index (Phi) is 5.20. The summed E-state index contributed by atoms with van der Waals surface area (Å²) in [5.41, 5.74) is 2.87. The van der Waals surface area contributed by atoms with Gasteiger partial charge in [0.1, 0.15) is 11.6 Å². The Hall–Kier alpha value is -3.60. The number of rotatable bonds is 2. The molecule has 0 radical (unpaired) electrons. The van der Waals surface area contributed by atoms with Crippen LogP contribution in [0.1, 0.15) is 48.7 Å². The van der Waals surface area contributed by atoms with Crippen molar-refractivity contribution in [3.63, 3.8) is 0 Å². The fourth-order valence-electron chi connectivity index (χ4n) is 5.10. The second-order valence-corrected chi connectivity index (χ2v) is 9.59. The fraction of sp³-hybridized carbons (Fsp3) is 0.250. The van der Waals surface area contributed by atoms with E-state index in [1.165, 1.54) is 12.1 Å². The highest BCUT2D eigenvalue weighted by molar-refractivity contribution is 6.15. The van der Waals surface area contributed by atoms with E-state index in [0.717, 1.165) is 5.71 Å². The molecular formula is C28H25FN2O2. The lowest BCUT2D eigenvalue weighted by molar-refractivity contribution is -0.124. The van der Waals surface area contributed by atoms with Crippen molar-refractivity contribution in [2.24, 2.45) is 16.3 Å². The molecule has 33 heavy (non-hydrogen) atoms. The molecule has 1 saturated carbocycles. The molecular weight excluding hydrogens is 415 g/mol. The minimum Gasteiger partial charge on any atom is -0.299 e. The van der Waals surface area contributed by atoms with Crippen LogP contribution in [0.4, 0.5) is 15.8 Å². The van der Waals surface area contributed by atoms with Gasteiger partial charge < -0.3 is 0 Å². The molecule has 3 aromatic carbocycles. The molecule has 0 spiro atoms. The van der Waals surface area contributed by atoms with Crippen molar-refractivity contribution in [1.29, 1.82) is 0 Å². The topological polar surface area (TPSA) is 49.7 Å². The standard InChI is InChI=1S/C28H25FN2O2/c1-28(2)16-22-25(24(32)17-28)26(19-11-8-12-20(29)15-19)31(23-14-7-6-13-21(23)30-22)27(33)18-9-4-3-5-10-18/h3-15,25-26H,16-17H2,1-2H3. The van der Waals surface area contributed by atoms with Crippen molar-refractivity contribution in [2.45, 2.75) is 32.7 Å². The molecule has 1 aliphatic carbocycles. The number of amides is 1. The molecule has 2 aliphatic rings. The molecule has 0 N–H and O–H groups in total. The summed E-state index contributed by atoms with van der Waals surface area (Å²) in [6.07, 6.45) is 1.02. The molecule has 5 rings (SSSR count). The number of carbonyl (C=O) groups is 2. The number of benzene rings is 3. The predicted molar refractivity (Wildman–Crippen MR) is 127 cm³/mol. The summed E-state index contributed by atoms with van der Waals surface area (Å²) in [5.74, 6) is -1.26. The number of hydrogen-bond acceptors (Lipinski definition) is 3. The summed E-state index contributed by atoms with van der Waals surface area (Å²) >= 11 is 0. The van der Waals surface area contributed by atoms with Crippen LogP contribution in [0.25, 0.3) is 0 Å². The Labute approximate surface area is 192 Å². The first kappa shape index (κ1) is 21.3. The molecule has 0 aromatic heterocycles. The number of hydrogen-bond donors (Lipinski definition) is 0. The van der Waals surface area contributed by atoms with E-state index in [4.69, 9.17) is 4.99 Å². The lowest BCUT2D eigenvalue weighted by Gasteiger charge is -2.41. The van der Waals surface area contributed by atoms with E-state index in [2.05, 4.69) is 13.8 Å². The van der Waals surface area contributed by atoms with Crippen LogP contribution in [0.5, 0.6) is 0 Å². The normalized spacial score (nSPS) is 21.5. The highest BCUT2D eigenvalue weighted by Gasteiger charge is 2.47. The van der Waals surface area contributed by atoms with Crippen LogP contribution in [-0.2, 0) is 4.79 Å². The number of carbonyl (C=O) groups excluding carboxylic acids is 2. The summed E-state index contributed by atoms with van der Waals surface area (Å²) in [7, 11) is 0. The van der Waals surface area contributed by atoms with Crippen LogP contribution in [0.2, 0.25) is 0 Å². The van der Waals surface area contributed by atoms with Gasteiger partial charge in [0.2, 0.25) is 0 Å². The molecule has 1 fully saturated rings. The molecule has 2 atom stereocenters. The van der Waals surface area contributed by atoms with Gasteiger partial charge in [-0.15, -0.1) is 0 Å². The molecule has 5 heteroatoms. The average molecular weight is 441 g/mol. The van der Waals surface area contributed by atoms with E-state index in [1.807, 2.05) is 42.5 Å². The highest BCUT2D eigenvalue weighted by atomic mass is 19.1. The van der Waals surface area contributed by atoms with Crippen LogP contribution < -0.4 is 4.90 Å². The number of nitrogens with zero attached hydrogens (tertiary/aromatic N) is 2. The largest absolute Gasteiger partial charge is 0.299 e. The summed E-state index contributed by atoms with van der Waals surface area (Å²) in [6, 6.07) is 21.9. The third-order valence-electron chi connectivity index (χ3n) is 6.45. The number of para-hydroxylation sites is 2. The van der Waals surface area contributed by atoms with Crippen LogP contribution in [0, 0.1) is 17.2 Å². The predicted octanol–water partition coefficient (Wildman–Crippen LogP) is 6.31. The first-order valence-corrected chi connectivity index (χ1v) is 11.2. The summed E-state index contributed by atoms with van der Waals surface area (Å²) < 4.78 is 14.4. The van der Waals surface area contributed by atoms with Crippen LogP contribution in [0.3, 0.4) is 0 Å².